The predicted octanol–water partition coefficient (Wildman–Crippen LogP) is 4.24. The van der Waals surface area contributed by atoms with Gasteiger partial charge in [0, 0.05) is 48.5 Å². The van der Waals surface area contributed by atoms with E-state index >= 15 is 0 Å². The highest BCUT2D eigenvalue weighted by molar-refractivity contribution is 5.82. The van der Waals surface area contributed by atoms with Gasteiger partial charge in [0.2, 0.25) is 0 Å². The van der Waals surface area contributed by atoms with E-state index in [1.165, 1.54) is 35.0 Å². The van der Waals surface area contributed by atoms with Crippen LogP contribution in [-0.2, 0) is 6.54 Å². The van der Waals surface area contributed by atoms with Gasteiger partial charge >= 0.3 is 0 Å². The van der Waals surface area contributed by atoms with Crippen LogP contribution in [-0.4, -0.2) is 29.0 Å². The van der Waals surface area contributed by atoms with Gasteiger partial charge < -0.3 is 10.3 Å². The van der Waals surface area contributed by atoms with Crippen LogP contribution in [0.2, 0.25) is 0 Å². The van der Waals surface area contributed by atoms with Gasteiger partial charge in [-0.3, -0.25) is 4.90 Å². The Balaban J connectivity index is 1.35. The Kier molecular flexibility index (Phi) is 4.03. The first kappa shape index (κ1) is 14.3. The summed E-state index contributed by atoms with van der Waals surface area (Å²) in [7, 11) is 0. The number of aromatic nitrogens is 1. The minimum Gasteiger partial charge on any atom is -0.382 e. The molecule has 0 aliphatic carbocycles. The third kappa shape index (κ3) is 3.25. The number of nitrogens with one attached hydrogen (secondary N) is 2. The second-order valence-corrected chi connectivity index (χ2v) is 6.42. The van der Waals surface area contributed by atoms with Crippen molar-refractivity contribution in [3.8, 4) is 0 Å². The molecule has 0 radical (unpaired) electrons. The monoisotopic (exact) mass is 305 g/mol. The van der Waals surface area contributed by atoms with Crippen molar-refractivity contribution < 1.29 is 0 Å². The average Bonchev–Trinajstić information content (AvgIpc) is 3.01. The van der Waals surface area contributed by atoms with Crippen LogP contribution in [0, 0.1) is 0 Å². The van der Waals surface area contributed by atoms with Crippen LogP contribution in [0.25, 0.3) is 10.9 Å². The number of piperidine rings is 1. The summed E-state index contributed by atoms with van der Waals surface area (Å²) in [5, 5.41) is 5.02. The van der Waals surface area contributed by atoms with E-state index in [2.05, 4.69) is 76.0 Å². The van der Waals surface area contributed by atoms with Gasteiger partial charge in [-0.25, -0.2) is 0 Å². The van der Waals surface area contributed by atoms with E-state index in [0.29, 0.717) is 6.04 Å². The van der Waals surface area contributed by atoms with E-state index in [4.69, 9.17) is 0 Å². The number of H-pyrrole nitrogens is 1. The molecule has 3 nitrogen and oxygen atoms in total. The fourth-order valence-corrected chi connectivity index (χ4v) is 3.51. The molecule has 4 rings (SSSR count). The standard InChI is InChI=1S/C20H23N3/c1-2-6-17(7-3-1)22-18-10-12-23(13-11-18)15-16-14-21-20-9-5-4-8-19(16)20/h1-9,14,18,21-22H,10-13,15H2. The summed E-state index contributed by atoms with van der Waals surface area (Å²) in [6.07, 6.45) is 4.58. The van der Waals surface area contributed by atoms with Crippen molar-refractivity contribution >= 4 is 16.6 Å². The molecule has 1 aliphatic heterocycles. The van der Waals surface area contributed by atoms with Crippen molar-refractivity contribution in [3.05, 3.63) is 66.4 Å². The van der Waals surface area contributed by atoms with E-state index < -0.39 is 0 Å². The Morgan fingerprint density at radius 3 is 2.52 bits per heavy atom. The molecular weight excluding hydrogens is 282 g/mol. The zero-order chi connectivity index (χ0) is 15.5. The minimum absolute atomic E-state index is 0.594. The average molecular weight is 305 g/mol. The SMILES string of the molecule is c1ccc(NC2CCN(Cc3c[nH]c4ccccc34)CC2)cc1. The third-order valence-electron chi connectivity index (χ3n) is 4.80. The molecule has 2 heterocycles. The Morgan fingerprint density at radius 1 is 0.957 bits per heavy atom. The molecule has 2 aromatic carbocycles. The summed E-state index contributed by atoms with van der Waals surface area (Å²) in [6, 6.07) is 19.7. The first-order valence-corrected chi connectivity index (χ1v) is 8.47. The molecule has 118 valence electrons. The Labute approximate surface area is 137 Å². The van der Waals surface area contributed by atoms with E-state index in [1.54, 1.807) is 0 Å². The maximum absolute atomic E-state index is 3.66. The summed E-state index contributed by atoms with van der Waals surface area (Å²) < 4.78 is 0. The van der Waals surface area contributed by atoms with Crippen LogP contribution in [0.3, 0.4) is 0 Å². The van der Waals surface area contributed by atoms with Crippen molar-refractivity contribution in [2.24, 2.45) is 0 Å². The van der Waals surface area contributed by atoms with Crippen molar-refractivity contribution in [2.75, 3.05) is 18.4 Å². The lowest BCUT2D eigenvalue weighted by Gasteiger charge is -2.32. The quantitative estimate of drug-likeness (QED) is 0.755. The van der Waals surface area contributed by atoms with Gasteiger partial charge in [-0.1, -0.05) is 36.4 Å². The van der Waals surface area contributed by atoms with Crippen molar-refractivity contribution in [1.29, 1.82) is 0 Å². The predicted molar refractivity (Wildman–Crippen MR) is 96.7 cm³/mol. The first-order chi connectivity index (χ1) is 11.4. The van der Waals surface area contributed by atoms with Crippen LogP contribution in [0.5, 0.6) is 0 Å². The number of rotatable bonds is 4. The van der Waals surface area contributed by atoms with Gasteiger partial charge in [-0.2, -0.15) is 0 Å². The molecule has 1 aliphatic rings. The first-order valence-electron chi connectivity index (χ1n) is 8.47. The molecule has 0 bridgehead atoms. The maximum atomic E-state index is 3.66. The molecule has 3 aromatic rings. The lowest BCUT2D eigenvalue weighted by atomic mass is 10.0. The number of hydrogen-bond acceptors (Lipinski definition) is 2. The lowest BCUT2D eigenvalue weighted by molar-refractivity contribution is 0.212. The van der Waals surface area contributed by atoms with Crippen LogP contribution in [0.1, 0.15) is 18.4 Å². The highest BCUT2D eigenvalue weighted by atomic mass is 15.1. The zero-order valence-corrected chi connectivity index (χ0v) is 13.3. The van der Waals surface area contributed by atoms with Gasteiger partial charge in [0.05, 0.1) is 0 Å². The maximum Gasteiger partial charge on any atom is 0.0457 e. The molecule has 23 heavy (non-hydrogen) atoms. The minimum atomic E-state index is 0.594. The molecule has 1 saturated heterocycles. The second kappa shape index (κ2) is 6.47. The highest BCUT2D eigenvalue weighted by Crippen LogP contribution is 2.22. The number of para-hydroxylation sites is 2. The Bertz CT molecular complexity index is 755. The summed E-state index contributed by atoms with van der Waals surface area (Å²) in [5.74, 6) is 0. The fourth-order valence-electron chi connectivity index (χ4n) is 3.51. The van der Waals surface area contributed by atoms with E-state index in [1.807, 2.05) is 0 Å². The summed E-state index contributed by atoms with van der Waals surface area (Å²) in [5.41, 5.74) is 3.89. The van der Waals surface area contributed by atoms with E-state index in [9.17, 15) is 0 Å². The van der Waals surface area contributed by atoms with Gasteiger partial charge in [-0.15, -0.1) is 0 Å². The number of benzene rings is 2. The van der Waals surface area contributed by atoms with Gasteiger partial charge in [0.1, 0.15) is 0 Å². The molecule has 3 heteroatoms. The van der Waals surface area contributed by atoms with Gasteiger partial charge in [0.25, 0.3) is 0 Å². The molecule has 2 N–H and O–H groups in total. The van der Waals surface area contributed by atoms with Crippen molar-refractivity contribution in [1.82, 2.24) is 9.88 Å². The third-order valence-corrected chi connectivity index (χ3v) is 4.80. The molecule has 0 saturated carbocycles. The fraction of sp³-hybridized carbons (Fsp3) is 0.300. The van der Waals surface area contributed by atoms with Crippen LogP contribution < -0.4 is 5.32 Å². The smallest absolute Gasteiger partial charge is 0.0457 e. The summed E-state index contributed by atoms with van der Waals surface area (Å²) in [6.45, 7) is 3.36. The molecular formula is C20H23N3. The van der Waals surface area contributed by atoms with Crippen LogP contribution in [0.15, 0.2) is 60.8 Å². The van der Waals surface area contributed by atoms with Gasteiger partial charge in [0.15, 0.2) is 0 Å². The topological polar surface area (TPSA) is 31.1 Å². The van der Waals surface area contributed by atoms with E-state index in [-0.39, 0.29) is 0 Å². The number of anilines is 1. The Morgan fingerprint density at radius 2 is 1.70 bits per heavy atom. The number of nitrogens with zero attached hydrogens (tertiary/aromatic N) is 1. The number of fused-ring (bicyclic) bond motifs is 1. The zero-order valence-electron chi connectivity index (χ0n) is 13.3. The molecule has 1 aromatic heterocycles. The van der Waals surface area contributed by atoms with Crippen LogP contribution in [0.4, 0.5) is 5.69 Å². The van der Waals surface area contributed by atoms with Crippen molar-refractivity contribution in [2.45, 2.75) is 25.4 Å². The number of hydrogen-bond donors (Lipinski definition) is 2. The molecule has 1 fully saturated rings. The Hall–Kier alpha value is -2.26. The molecule has 0 amide bonds. The molecule has 0 unspecified atom stereocenters. The number of likely N-dealkylation sites (tertiary alicyclic amines) is 1. The second-order valence-electron chi connectivity index (χ2n) is 6.42. The normalized spacial score (nSPS) is 16.7. The highest BCUT2D eigenvalue weighted by Gasteiger charge is 2.19. The molecule has 0 spiro atoms. The van der Waals surface area contributed by atoms with E-state index in [0.717, 1.165) is 19.6 Å². The molecule has 0 atom stereocenters. The van der Waals surface area contributed by atoms with Gasteiger partial charge in [-0.05, 0) is 36.6 Å². The largest absolute Gasteiger partial charge is 0.382 e. The number of aromatic amines is 1. The summed E-state index contributed by atoms with van der Waals surface area (Å²) >= 11 is 0. The van der Waals surface area contributed by atoms with Crippen LogP contribution >= 0.6 is 0 Å². The summed E-state index contributed by atoms with van der Waals surface area (Å²) in [4.78, 5) is 5.95. The lowest BCUT2D eigenvalue weighted by Crippen LogP contribution is -2.38. The van der Waals surface area contributed by atoms with Crippen molar-refractivity contribution in [3.63, 3.8) is 0 Å².